The van der Waals surface area contributed by atoms with E-state index >= 15 is 0 Å². The third-order valence-electron chi connectivity index (χ3n) is 3.08. The Morgan fingerprint density at radius 3 is 2.89 bits per heavy atom. The lowest BCUT2D eigenvalue weighted by atomic mass is 10.2. The summed E-state index contributed by atoms with van der Waals surface area (Å²) in [6.45, 7) is 3.44. The molecule has 0 unspecified atom stereocenters. The predicted molar refractivity (Wildman–Crippen MR) is 74.4 cm³/mol. The Hall–Kier alpha value is -1.97. The molecule has 0 bridgehead atoms. The first-order valence-corrected chi connectivity index (χ1v) is 6.53. The fourth-order valence-corrected chi connectivity index (χ4v) is 2.17. The van der Waals surface area contributed by atoms with E-state index in [1.807, 2.05) is 25.3 Å². The van der Waals surface area contributed by atoms with Crippen LogP contribution in [0.25, 0.3) is 10.9 Å². The van der Waals surface area contributed by atoms with Crippen LogP contribution in [0.5, 0.6) is 5.75 Å². The van der Waals surface area contributed by atoms with Gasteiger partial charge < -0.3 is 14.0 Å². The minimum atomic E-state index is -0.161. The number of esters is 1. The monoisotopic (exact) mass is 261 g/mol. The molecular formula is C15H19NO3. The van der Waals surface area contributed by atoms with Gasteiger partial charge >= 0.3 is 5.97 Å². The van der Waals surface area contributed by atoms with Crippen molar-refractivity contribution in [2.45, 2.75) is 26.3 Å². The van der Waals surface area contributed by atoms with Crippen molar-refractivity contribution in [3.05, 3.63) is 30.5 Å². The highest BCUT2D eigenvalue weighted by Crippen LogP contribution is 2.26. The number of hydrogen-bond acceptors (Lipinski definition) is 3. The number of methoxy groups -OCH3 is 1. The van der Waals surface area contributed by atoms with Gasteiger partial charge in [0.1, 0.15) is 5.75 Å². The highest BCUT2D eigenvalue weighted by Gasteiger charge is 2.07. The number of benzene rings is 1. The van der Waals surface area contributed by atoms with Crippen LogP contribution in [0.3, 0.4) is 0 Å². The highest BCUT2D eigenvalue weighted by atomic mass is 16.5. The Kier molecular flexibility index (Phi) is 4.44. The zero-order valence-electron chi connectivity index (χ0n) is 11.4. The first kappa shape index (κ1) is 13.5. The summed E-state index contributed by atoms with van der Waals surface area (Å²) < 4.78 is 12.4. The summed E-state index contributed by atoms with van der Waals surface area (Å²) >= 11 is 0. The van der Waals surface area contributed by atoms with Crippen molar-refractivity contribution in [3.63, 3.8) is 0 Å². The average molecular weight is 261 g/mol. The molecular weight excluding hydrogens is 242 g/mol. The van der Waals surface area contributed by atoms with E-state index in [2.05, 4.69) is 21.4 Å². The first-order chi connectivity index (χ1) is 9.26. The van der Waals surface area contributed by atoms with Crippen LogP contribution in [0.4, 0.5) is 0 Å². The lowest BCUT2D eigenvalue weighted by Gasteiger charge is -2.07. The molecule has 4 nitrogen and oxygen atoms in total. The fraction of sp³-hybridized carbons (Fsp3) is 0.400. The number of aryl methyl sites for hydroxylation is 1. The van der Waals surface area contributed by atoms with E-state index in [1.165, 1.54) is 7.11 Å². The molecule has 1 heterocycles. The van der Waals surface area contributed by atoms with Crippen molar-refractivity contribution >= 4 is 16.9 Å². The lowest BCUT2D eigenvalue weighted by molar-refractivity contribution is -0.140. The van der Waals surface area contributed by atoms with Crippen LogP contribution in [-0.2, 0) is 16.1 Å². The van der Waals surface area contributed by atoms with Crippen molar-refractivity contribution in [1.82, 2.24) is 4.57 Å². The molecule has 2 rings (SSSR count). The second-order valence-electron chi connectivity index (χ2n) is 4.31. The van der Waals surface area contributed by atoms with Crippen LogP contribution in [-0.4, -0.2) is 24.3 Å². The van der Waals surface area contributed by atoms with Crippen LogP contribution in [0.15, 0.2) is 30.5 Å². The molecule has 0 aliphatic heterocycles. The van der Waals surface area contributed by atoms with E-state index in [1.54, 1.807) is 0 Å². The van der Waals surface area contributed by atoms with E-state index in [0.717, 1.165) is 29.6 Å². The maximum Gasteiger partial charge on any atom is 0.305 e. The van der Waals surface area contributed by atoms with E-state index in [-0.39, 0.29) is 5.97 Å². The number of aromatic nitrogens is 1. The van der Waals surface area contributed by atoms with E-state index < -0.39 is 0 Å². The van der Waals surface area contributed by atoms with E-state index in [9.17, 15) is 4.79 Å². The molecule has 0 atom stereocenters. The lowest BCUT2D eigenvalue weighted by Crippen LogP contribution is -2.03. The summed E-state index contributed by atoms with van der Waals surface area (Å²) in [5.74, 6) is 0.748. The maximum atomic E-state index is 11.1. The minimum Gasteiger partial charge on any atom is -0.493 e. The molecule has 0 amide bonds. The smallest absolute Gasteiger partial charge is 0.305 e. The third-order valence-corrected chi connectivity index (χ3v) is 3.08. The normalized spacial score (nSPS) is 10.6. The third kappa shape index (κ3) is 3.08. The summed E-state index contributed by atoms with van der Waals surface area (Å²) in [5.41, 5.74) is 1.14. The maximum absolute atomic E-state index is 11.1. The van der Waals surface area contributed by atoms with Crippen molar-refractivity contribution < 1.29 is 14.3 Å². The summed E-state index contributed by atoms with van der Waals surface area (Å²) in [4.78, 5) is 11.1. The van der Waals surface area contributed by atoms with Crippen molar-refractivity contribution in [1.29, 1.82) is 0 Å². The van der Waals surface area contributed by atoms with Crippen LogP contribution < -0.4 is 4.74 Å². The summed E-state index contributed by atoms with van der Waals surface area (Å²) in [6, 6.07) is 8.09. The van der Waals surface area contributed by atoms with Crippen LogP contribution in [0, 0.1) is 0 Å². The second kappa shape index (κ2) is 6.27. The Labute approximate surface area is 112 Å². The molecule has 19 heavy (non-hydrogen) atoms. The molecule has 0 radical (unpaired) electrons. The largest absolute Gasteiger partial charge is 0.493 e. The Bertz CT molecular complexity index is 560. The SMILES string of the molecule is CCOc1cccc2c1ccn2CCCC(=O)OC. The van der Waals surface area contributed by atoms with Crippen LogP contribution >= 0.6 is 0 Å². The molecule has 0 saturated heterocycles. The van der Waals surface area contributed by atoms with Gasteiger partial charge in [0.2, 0.25) is 0 Å². The van der Waals surface area contributed by atoms with Gasteiger partial charge in [0.05, 0.1) is 19.2 Å². The molecule has 0 aliphatic carbocycles. The number of hydrogen-bond donors (Lipinski definition) is 0. The molecule has 0 fully saturated rings. The van der Waals surface area contributed by atoms with Gasteiger partial charge in [-0.05, 0) is 31.5 Å². The minimum absolute atomic E-state index is 0.161. The van der Waals surface area contributed by atoms with Gasteiger partial charge in [-0.1, -0.05) is 6.07 Å². The molecule has 0 spiro atoms. The van der Waals surface area contributed by atoms with Gasteiger partial charge in [-0.15, -0.1) is 0 Å². The Balaban J connectivity index is 2.12. The van der Waals surface area contributed by atoms with Gasteiger partial charge in [-0.25, -0.2) is 0 Å². The molecule has 0 saturated carbocycles. The molecule has 4 heteroatoms. The van der Waals surface area contributed by atoms with Crippen molar-refractivity contribution in [2.24, 2.45) is 0 Å². The molecule has 0 aliphatic rings. The van der Waals surface area contributed by atoms with Crippen molar-refractivity contribution in [2.75, 3.05) is 13.7 Å². The van der Waals surface area contributed by atoms with Crippen molar-refractivity contribution in [3.8, 4) is 5.75 Å². The second-order valence-corrected chi connectivity index (χ2v) is 4.31. The zero-order valence-corrected chi connectivity index (χ0v) is 11.4. The van der Waals surface area contributed by atoms with E-state index in [0.29, 0.717) is 13.0 Å². The van der Waals surface area contributed by atoms with Crippen LogP contribution in [0.2, 0.25) is 0 Å². The first-order valence-electron chi connectivity index (χ1n) is 6.53. The molecule has 1 aromatic carbocycles. The number of rotatable bonds is 6. The average Bonchev–Trinajstić information content (AvgIpc) is 2.83. The fourth-order valence-electron chi connectivity index (χ4n) is 2.17. The van der Waals surface area contributed by atoms with Crippen LogP contribution in [0.1, 0.15) is 19.8 Å². The quantitative estimate of drug-likeness (QED) is 0.750. The topological polar surface area (TPSA) is 40.5 Å². The molecule has 102 valence electrons. The predicted octanol–water partition coefficient (Wildman–Crippen LogP) is 2.99. The van der Waals surface area contributed by atoms with Gasteiger partial charge in [-0.2, -0.15) is 0 Å². The Morgan fingerprint density at radius 1 is 1.32 bits per heavy atom. The number of fused-ring (bicyclic) bond motifs is 1. The number of ether oxygens (including phenoxy) is 2. The van der Waals surface area contributed by atoms with Gasteiger partial charge in [0.15, 0.2) is 0 Å². The zero-order chi connectivity index (χ0) is 13.7. The standard InChI is InChI=1S/C15H19NO3/c1-3-19-14-7-4-6-13-12(14)9-11-16(13)10-5-8-15(17)18-2/h4,6-7,9,11H,3,5,8,10H2,1-2H3. The van der Waals surface area contributed by atoms with Gasteiger partial charge in [-0.3, -0.25) is 4.79 Å². The Morgan fingerprint density at radius 2 is 2.16 bits per heavy atom. The number of carbonyl (C=O) groups is 1. The summed E-state index contributed by atoms with van der Waals surface area (Å²) in [7, 11) is 1.42. The number of carbonyl (C=O) groups excluding carboxylic acids is 1. The van der Waals surface area contributed by atoms with Gasteiger partial charge in [0, 0.05) is 24.5 Å². The van der Waals surface area contributed by atoms with E-state index in [4.69, 9.17) is 4.74 Å². The summed E-state index contributed by atoms with van der Waals surface area (Å²) in [5, 5.41) is 1.11. The molecule has 1 aromatic heterocycles. The molecule has 2 aromatic rings. The number of nitrogens with zero attached hydrogens (tertiary/aromatic N) is 1. The van der Waals surface area contributed by atoms with Gasteiger partial charge in [0.25, 0.3) is 0 Å². The summed E-state index contributed by atoms with van der Waals surface area (Å²) in [6.07, 6.45) is 3.25. The molecule has 0 N–H and O–H groups in total. The highest BCUT2D eigenvalue weighted by molar-refractivity contribution is 5.86.